The molecule has 0 aromatic heterocycles. The lowest BCUT2D eigenvalue weighted by molar-refractivity contribution is 0.164. The zero-order valence-electron chi connectivity index (χ0n) is 9.55. The van der Waals surface area contributed by atoms with E-state index in [4.69, 9.17) is 5.21 Å². The van der Waals surface area contributed by atoms with Crippen LogP contribution in [0, 0.1) is 0 Å². The van der Waals surface area contributed by atoms with Gasteiger partial charge in [0.15, 0.2) is 0 Å². The van der Waals surface area contributed by atoms with Gasteiger partial charge in [0.25, 0.3) is 0 Å². The van der Waals surface area contributed by atoms with E-state index in [0.717, 1.165) is 42.5 Å². The zero-order chi connectivity index (χ0) is 12.0. The Hall–Kier alpha value is -1.55. The van der Waals surface area contributed by atoms with Crippen molar-refractivity contribution in [2.75, 3.05) is 0 Å². The molecule has 0 atom stereocenters. The third-order valence-corrected chi connectivity index (χ3v) is 2.54. The maximum atomic E-state index is 11.0. The number of carbonyl (C=O) groups excluding carboxylic acids is 1. The minimum atomic E-state index is -0.623. The fourth-order valence-corrected chi connectivity index (χ4v) is 1.67. The summed E-state index contributed by atoms with van der Waals surface area (Å²) < 4.78 is 0. The van der Waals surface area contributed by atoms with Crippen LogP contribution >= 0.6 is 0 Å². The van der Waals surface area contributed by atoms with Gasteiger partial charge < -0.3 is 5.32 Å². The number of amides is 2. The number of hydrogen-bond donors (Lipinski definition) is 3. The Morgan fingerprint density at radius 1 is 1.41 bits per heavy atom. The molecule has 1 aliphatic carbocycles. The number of nitrogens with one attached hydrogen (secondary N) is 2. The van der Waals surface area contributed by atoms with E-state index in [1.807, 2.05) is 6.08 Å². The third kappa shape index (κ3) is 4.44. The SMILES string of the molecule is C.C=C1C=CC(NC(=O)NO)=C1CCCCC. The van der Waals surface area contributed by atoms with Crippen LogP contribution < -0.4 is 10.8 Å². The highest BCUT2D eigenvalue weighted by atomic mass is 16.5. The second-order valence-corrected chi connectivity index (χ2v) is 3.77. The average molecular weight is 238 g/mol. The molecule has 2 amide bonds. The smallest absolute Gasteiger partial charge is 0.306 e. The number of carbonyl (C=O) groups is 1. The Balaban J connectivity index is 0.00000256. The van der Waals surface area contributed by atoms with Gasteiger partial charge in [-0.05, 0) is 30.1 Å². The van der Waals surface area contributed by atoms with Crippen LogP contribution in [0.4, 0.5) is 4.79 Å². The van der Waals surface area contributed by atoms with Crippen molar-refractivity contribution in [2.24, 2.45) is 0 Å². The molecule has 0 unspecified atom stereocenters. The predicted molar refractivity (Wildman–Crippen MR) is 69.6 cm³/mol. The van der Waals surface area contributed by atoms with Gasteiger partial charge in [0.05, 0.1) is 0 Å². The van der Waals surface area contributed by atoms with Gasteiger partial charge in [-0.15, -0.1) is 0 Å². The van der Waals surface area contributed by atoms with Crippen molar-refractivity contribution in [1.29, 1.82) is 0 Å². The van der Waals surface area contributed by atoms with E-state index in [9.17, 15) is 4.79 Å². The van der Waals surface area contributed by atoms with Crippen LogP contribution in [-0.4, -0.2) is 11.2 Å². The van der Waals surface area contributed by atoms with Gasteiger partial charge in [-0.3, -0.25) is 5.21 Å². The molecular formula is C13H22N2O2. The maximum absolute atomic E-state index is 11.0. The summed E-state index contributed by atoms with van der Waals surface area (Å²) in [7, 11) is 0. The molecule has 17 heavy (non-hydrogen) atoms. The van der Waals surface area contributed by atoms with Crippen LogP contribution in [0.1, 0.15) is 40.0 Å². The molecule has 0 aromatic rings. The van der Waals surface area contributed by atoms with E-state index < -0.39 is 6.03 Å². The lowest BCUT2D eigenvalue weighted by Gasteiger charge is -2.09. The highest BCUT2D eigenvalue weighted by molar-refractivity contribution is 5.76. The lowest BCUT2D eigenvalue weighted by atomic mass is 10.0. The first-order valence-corrected chi connectivity index (χ1v) is 5.50. The molecule has 0 heterocycles. The minimum absolute atomic E-state index is 0. The molecule has 4 heteroatoms. The van der Waals surface area contributed by atoms with Crippen molar-refractivity contribution < 1.29 is 10.0 Å². The van der Waals surface area contributed by atoms with Gasteiger partial charge in [-0.25, -0.2) is 10.3 Å². The molecule has 0 spiro atoms. The van der Waals surface area contributed by atoms with Gasteiger partial charge in [-0.1, -0.05) is 39.8 Å². The molecule has 1 rings (SSSR count). The lowest BCUT2D eigenvalue weighted by Crippen LogP contribution is -2.32. The van der Waals surface area contributed by atoms with Crippen molar-refractivity contribution in [3.63, 3.8) is 0 Å². The summed E-state index contributed by atoms with van der Waals surface area (Å²) in [5, 5.41) is 11.0. The van der Waals surface area contributed by atoms with Crippen LogP contribution in [0.5, 0.6) is 0 Å². The molecule has 0 radical (unpaired) electrons. The highest BCUT2D eigenvalue weighted by Crippen LogP contribution is 2.26. The molecule has 0 saturated carbocycles. The number of unbranched alkanes of at least 4 members (excludes halogenated alkanes) is 2. The van der Waals surface area contributed by atoms with Crippen molar-refractivity contribution in [3.05, 3.63) is 35.6 Å². The van der Waals surface area contributed by atoms with E-state index in [-0.39, 0.29) is 7.43 Å². The molecule has 0 fully saturated rings. The van der Waals surface area contributed by atoms with Crippen LogP contribution in [0.2, 0.25) is 0 Å². The fourth-order valence-electron chi connectivity index (χ4n) is 1.67. The van der Waals surface area contributed by atoms with Gasteiger partial charge in [-0.2, -0.15) is 0 Å². The summed E-state index contributed by atoms with van der Waals surface area (Å²) in [6.45, 7) is 6.07. The summed E-state index contributed by atoms with van der Waals surface area (Å²) in [5.41, 5.74) is 4.26. The number of urea groups is 1. The molecular weight excluding hydrogens is 216 g/mol. The first kappa shape index (κ1) is 15.4. The van der Waals surface area contributed by atoms with Gasteiger partial charge >= 0.3 is 6.03 Å². The summed E-state index contributed by atoms with van der Waals surface area (Å²) in [6, 6.07) is -0.623. The van der Waals surface area contributed by atoms with Crippen molar-refractivity contribution in [2.45, 2.75) is 40.0 Å². The number of hydroxylamine groups is 1. The standard InChI is InChI=1S/C12H18N2O2.CH4/c1-3-4-5-6-10-9(2)7-8-11(10)13-12(15)14-16;/h7-8,16H,2-6H2,1H3,(H2,13,14,15);1H4. The van der Waals surface area contributed by atoms with Crippen LogP contribution in [0.15, 0.2) is 35.6 Å². The second kappa shape index (κ2) is 7.68. The highest BCUT2D eigenvalue weighted by Gasteiger charge is 2.14. The Morgan fingerprint density at radius 3 is 2.71 bits per heavy atom. The Labute approximate surface area is 103 Å². The molecule has 3 N–H and O–H groups in total. The normalized spacial score (nSPS) is 13.6. The molecule has 1 aliphatic rings. The van der Waals surface area contributed by atoms with E-state index in [0.29, 0.717) is 0 Å². The molecule has 0 aliphatic heterocycles. The fraction of sp³-hybridized carbons (Fsp3) is 0.462. The Bertz CT molecular complexity index is 343. The monoisotopic (exact) mass is 238 g/mol. The zero-order valence-corrected chi connectivity index (χ0v) is 9.55. The Morgan fingerprint density at radius 2 is 2.12 bits per heavy atom. The third-order valence-electron chi connectivity index (χ3n) is 2.54. The molecule has 0 saturated heterocycles. The summed E-state index contributed by atoms with van der Waals surface area (Å²) in [4.78, 5) is 11.0. The first-order chi connectivity index (χ1) is 7.69. The average Bonchev–Trinajstić information content (AvgIpc) is 2.61. The summed E-state index contributed by atoms with van der Waals surface area (Å²) in [5.74, 6) is 0. The number of allylic oxidation sites excluding steroid dienone is 4. The van der Waals surface area contributed by atoms with Crippen molar-refractivity contribution in [3.8, 4) is 0 Å². The number of rotatable bonds is 5. The van der Waals surface area contributed by atoms with Crippen molar-refractivity contribution in [1.82, 2.24) is 10.8 Å². The Kier molecular flexibility index (Phi) is 6.98. The van der Waals surface area contributed by atoms with Gasteiger partial charge in [0.2, 0.25) is 0 Å². The molecule has 0 bridgehead atoms. The molecule has 96 valence electrons. The summed E-state index contributed by atoms with van der Waals surface area (Å²) in [6.07, 6.45) is 7.98. The minimum Gasteiger partial charge on any atom is -0.306 e. The van der Waals surface area contributed by atoms with Gasteiger partial charge in [0, 0.05) is 5.70 Å². The van der Waals surface area contributed by atoms with Crippen LogP contribution in [-0.2, 0) is 0 Å². The summed E-state index contributed by atoms with van der Waals surface area (Å²) >= 11 is 0. The maximum Gasteiger partial charge on any atom is 0.342 e. The molecule has 0 aromatic carbocycles. The largest absolute Gasteiger partial charge is 0.342 e. The van der Waals surface area contributed by atoms with Crippen LogP contribution in [0.3, 0.4) is 0 Å². The van der Waals surface area contributed by atoms with Gasteiger partial charge in [0.1, 0.15) is 0 Å². The van der Waals surface area contributed by atoms with Crippen LogP contribution in [0.25, 0.3) is 0 Å². The molecule has 4 nitrogen and oxygen atoms in total. The first-order valence-electron chi connectivity index (χ1n) is 5.50. The quantitative estimate of drug-likeness (QED) is 0.391. The van der Waals surface area contributed by atoms with E-state index in [1.54, 1.807) is 11.6 Å². The van der Waals surface area contributed by atoms with E-state index >= 15 is 0 Å². The second-order valence-electron chi connectivity index (χ2n) is 3.77. The van der Waals surface area contributed by atoms with E-state index in [2.05, 4.69) is 18.8 Å². The van der Waals surface area contributed by atoms with Crippen molar-refractivity contribution >= 4 is 6.03 Å². The van der Waals surface area contributed by atoms with E-state index in [1.165, 1.54) is 0 Å². The topological polar surface area (TPSA) is 61.4 Å². The number of hydrogen-bond acceptors (Lipinski definition) is 2. The predicted octanol–water partition coefficient (Wildman–Crippen LogP) is 3.27.